The number of aromatic nitrogens is 16. The molecule has 8 aromatic heterocycles. The number of fused-ring (bicyclic) bond motifs is 6. The van der Waals surface area contributed by atoms with Gasteiger partial charge < -0.3 is 68.8 Å². The van der Waals surface area contributed by atoms with Crippen molar-refractivity contribution in [2.75, 3.05) is 74.1 Å². The van der Waals surface area contributed by atoms with Crippen molar-refractivity contribution in [2.24, 2.45) is 0 Å². The number of alkyl halides is 4. The summed E-state index contributed by atoms with van der Waals surface area (Å²) in [5, 5.41) is 50.8. The molecule has 12 aromatic rings. The Hall–Kier alpha value is -12.0. The highest BCUT2D eigenvalue weighted by Crippen LogP contribution is 2.63. The summed E-state index contributed by atoms with van der Waals surface area (Å²) in [7, 11) is -11.6. The molecule has 128 heavy (non-hydrogen) atoms. The number of ether oxygens (including phenoxy) is 4. The van der Waals surface area contributed by atoms with E-state index in [1.54, 1.807) is 121 Å². The van der Waals surface area contributed by atoms with Crippen LogP contribution in [0.2, 0.25) is 0 Å². The quantitative estimate of drug-likeness (QED) is 0.00995. The molecule has 51 heteroatoms. The molecule has 0 spiro atoms. The Labute approximate surface area is 726 Å². The standard InChI is InChI=1S/C40H39BF2N12O10P2.C37H37BF2N11O9P/c1-45-14-16-58-66-59-17-25-32(28(43)40(62-25)55-22-51-30-34(47-20-49-36(30)55)53-38(57)24-11-6-3-7-12-24)65-67(41,60-15-8-13-44)61-18-26-31(64-66)27(42)39(63-26)54-21-50-29-33(46-19-48-35(29)54)52-37(56)23-9-4-2-5-10-23;38-61(56-13-7-12-41,57-15-23-28(53)24(39)36(59-23)50-18-46-26-30(42-16-44-32(26)50)48-34(54)20-8-3-1-4-9-20)60-29-22(14-52)58-37(25(29)40)51-19-47-27-31(43-17-45-33(27)51)49-35(55)21-10-5-2-6-11-21/h2-7,9-12,19-22,25-28,31-32,39-40H,8,14-18H2,41H3,(H,46,48,52,56)(H,47,49,53,57);1-6,8-11,16-19,22-25,28-29,36-37,52-53H,7,13-15H2,38H3,(H,42,44,48,54)(H,43,45,49,55)/t25-,26-,27?,28+,31+,32?,39-,40-,66?,67?;22-,23-,24?,25+,28+,29?,36-,37-,61?/m11/s1. The second-order valence-corrected chi connectivity index (χ2v) is 31.2. The minimum Gasteiger partial charge on any atom is -0.394 e. The second kappa shape index (κ2) is 40.1. The minimum atomic E-state index is -3.43. The normalized spacial score (nSPS) is 26.2. The highest BCUT2D eigenvalue weighted by Gasteiger charge is 2.58. The minimum absolute atomic E-state index is 0.0320. The molecule has 5 saturated heterocycles. The van der Waals surface area contributed by atoms with Gasteiger partial charge in [0, 0.05) is 22.3 Å². The van der Waals surface area contributed by atoms with Crippen molar-refractivity contribution in [3.8, 4) is 12.1 Å². The van der Waals surface area contributed by atoms with Gasteiger partial charge in [0.2, 0.25) is 37.3 Å². The fourth-order valence-corrected chi connectivity index (χ4v) is 17.2. The van der Waals surface area contributed by atoms with Crippen LogP contribution in [-0.2, 0) is 59.7 Å². The van der Waals surface area contributed by atoms with Gasteiger partial charge in [0.05, 0.1) is 63.5 Å². The van der Waals surface area contributed by atoms with Crippen molar-refractivity contribution in [3.05, 3.63) is 206 Å². The molecule has 17 rings (SSSR count). The van der Waals surface area contributed by atoms with Crippen LogP contribution in [0.25, 0.3) is 49.5 Å². The SMILES string of the molecule is [BH3-][P+](OCCC#N)(OC[C@H]1O[C@@H](n2cnc3c(NC(=O)c4ccccc4)ncnc32)C(F)[C@H]1O)OC1[C@@H](CO)O[C@@H](n2cnc3c(NC(=O)c4ccccc4)ncnc32)[C@H]1F.[BH3-][P+]1(OCCC#N)OC[C@H]2O[C@@H](n3cnc4c(NC(=O)c5ccccc5)ncnc43)C(F)[C@H]2OP(OCC[N+]#[C-])OC[C@H]2O[C@@H](n3cnc4c(NC(=O)c5ccccc5)ncnc43)[C@@H](F)C2O1. The number of nitriles is 2. The smallest absolute Gasteiger partial charge is 0.333 e. The first-order valence-electron chi connectivity index (χ1n) is 38.4. The van der Waals surface area contributed by atoms with Crippen molar-refractivity contribution in [1.82, 2.24) is 78.1 Å². The number of carbonyl (C=O) groups is 4. The maximum atomic E-state index is 17.1. The first-order valence-corrected chi connectivity index (χ1v) is 41.7. The van der Waals surface area contributed by atoms with Crippen molar-refractivity contribution in [2.45, 2.75) is 111 Å². The summed E-state index contributed by atoms with van der Waals surface area (Å²) in [5.41, 5.74) is 2.62. The number of hydrogen-bond acceptors (Lipinski definition) is 33. The third-order valence-corrected chi connectivity index (χ3v) is 23.3. The fraction of sp³-hybridized carbons (Fsp3) is 0.338. The second-order valence-electron chi connectivity index (χ2n) is 27.6. The van der Waals surface area contributed by atoms with Gasteiger partial charge >= 0.3 is 8.60 Å². The number of anilines is 4. The van der Waals surface area contributed by atoms with Gasteiger partial charge in [0.1, 0.15) is 95.0 Å². The molecule has 7 unspecified atom stereocenters. The van der Waals surface area contributed by atoms with E-state index in [4.69, 9.17) is 66.2 Å². The third kappa shape index (κ3) is 19.4. The zero-order valence-electron chi connectivity index (χ0n) is 65.2. The number of aliphatic hydroxyl groups excluding tert-OH is 2. The fourth-order valence-electron chi connectivity index (χ4n) is 13.7. The summed E-state index contributed by atoms with van der Waals surface area (Å²) >= 11 is 0. The summed E-state index contributed by atoms with van der Waals surface area (Å²) < 4.78 is 152. The molecule has 0 bridgehead atoms. The lowest BCUT2D eigenvalue weighted by Crippen LogP contribution is -2.38. The van der Waals surface area contributed by atoms with Crippen LogP contribution in [0.5, 0.6) is 0 Å². The van der Waals surface area contributed by atoms with Crippen LogP contribution < -0.4 is 21.3 Å². The van der Waals surface area contributed by atoms with Crippen molar-refractivity contribution in [3.63, 3.8) is 0 Å². The van der Waals surface area contributed by atoms with Gasteiger partial charge in [-0.2, -0.15) is 10.5 Å². The van der Waals surface area contributed by atoms with E-state index in [-0.39, 0.29) is 114 Å². The lowest BCUT2D eigenvalue weighted by molar-refractivity contribution is -0.0614. The van der Waals surface area contributed by atoms with Crippen LogP contribution in [0.1, 0.15) is 79.2 Å². The number of aliphatic hydroxyl groups is 2. The van der Waals surface area contributed by atoms with Crippen LogP contribution in [0.15, 0.2) is 172 Å². The highest BCUT2D eigenvalue weighted by molar-refractivity contribution is 7.86. The Bertz CT molecular complexity index is 6100. The monoisotopic (exact) mass is 1820 g/mol. The average Bonchev–Trinajstić information content (AvgIpc) is 1.58. The van der Waals surface area contributed by atoms with Crippen molar-refractivity contribution < 1.29 is 107 Å². The Morgan fingerprint density at radius 3 is 1.36 bits per heavy atom. The third-order valence-electron chi connectivity index (χ3n) is 19.8. The number of nitrogens with one attached hydrogen (secondary N) is 4. The van der Waals surface area contributed by atoms with Crippen molar-refractivity contribution in [1.29, 1.82) is 10.5 Å². The van der Waals surface area contributed by atoms with E-state index in [1.165, 1.54) is 68.9 Å². The van der Waals surface area contributed by atoms with Crippen LogP contribution in [0, 0.1) is 29.2 Å². The van der Waals surface area contributed by atoms with E-state index in [1.807, 2.05) is 12.1 Å². The Kier molecular flexibility index (Phi) is 28.0. The maximum Gasteiger partial charge on any atom is 0.333 e. The van der Waals surface area contributed by atoms with Crippen LogP contribution in [0.4, 0.5) is 40.8 Å². The Balaban J connectivity index is 0.000000189. The molecule has 0 saturated carbocycles. The first kappa shape index (κ1) is 89.4. The average molecular weight is 1820 g/mol. The molecule has 0 aliphatic carbocycles. The Morgan fingerprint density at radius 1 is 0.539 bits per heavy atom. The molecule has 0 radical (unpaired) electrons. The predicted octanol–water partition coefficient (Wildman–Crippen LogP) is 6.97. The van der Waals surface area contributed by atoms with Gasteiger partial charge in [-0.15, -0.1) is 0 Å². The van der Waals surface area contributed by atoms with Gasteiger partial charge in [-0.25, -0.2) is 111 Å². The lowest BCUT2D eigenvalue weighted by atomic mass is 10.1. The molecule has 19 atom stereocenters. The number of carbonyl (C=O) groups excluding carboxylic acids is 4. The van der Waals surface area contributed by atoms with E-state index in [0.717, 1.165) is 0 Å². The number of rotatable bonds is 27. The van der Waals surface area contributed by atoms with Gasteiger partial charge in [0.25, 0.3) is 23.6 Å². The molecule has 4 aromatic carbocycles. The van der Waals surface area contributed by atoms with E-state index in [9.17, 15) is 39.9 Å². The summed E-state index contributed by atoms with van der Waals surface area (Å²) in [6.07, 6.45) is -14.7. The van der Waals surface area contributed by atoms with Gasteiger partial charge in [0.15, 0.2) is 130 Å². The molecule has 13 heterocycles. The molecule has 5 fully saturated rings. The number of imidazole rings is 4. The van der Waals surface area contributed by atoms with Gasteiger partial charge in [-0.3, -0.25) is 37.4 Å². The van der Waals surface area contributed by atoms with E-state index in [2.05, 4.69) is 85.9 Å². The Morgan fingerprint density at radius 2 is 0.938 bits per heavy atom. The summed E-state index contributed by atoms with van der Waals surface area (Å²) in [4.78, 5) is 106. The number of halogens is 4. The molecule has 5 aliphatic rings. The van der Waals surface area contributed by atoms with Crippen LogP contribution >= 0.6 is 24.2 Å². The number of benzene rings is 4. The van der Waals surface area contributed by atoms with E-state index >= 15 is 17.6 Å². The van der Waals surface area contributed by atoms with Crippen LogP contribution in [-0.4, -0.2) is 253 Å². The zero-order valence-corrected chi connectivity index (χ0v) is 67.8. The molecule has 5 aliphatic heterocycles. The summed E-state index contributed by atoms with van der Waals surface area (Å²) in [6, 6.07) is 37.8. The molecule has 6 N–H and O–H groups in total. The largest absolute Gasteiger partial charge is 0.394 e. The highest BCUT2D eigenvalue weighted by atomic mass is 31.2. The topological polar surface area (TPSA) is 503 Å². The predicted molar refractivity (Wildman–Crippen MR) is 450 cm³/mol. The maximum absolute atomic E-state index is 17.1. The molecule has 662 valence electrons. The summed E-state index contributed by atoms with van der Waals surface area (Å²) in [6.45, 7) is 4.88. The molecular formula is C77H76B2F4N23O19P3. The molecular weight excluding hydrogens is 1740 g/mol. The van der Waals surface area contributed by atoms with E-state index in [0.29, 0.717) is 22.3 Å². The van der Waals surface area contributed by atoms with Gasteiger partial charge in [-0.05, 0) is 48.5 Å². The first-order chi connectivity index (χ1) is 62.2. The number of nitrogens with zero attached hydrogens (tertiary/aromatic N) is 19. The number of amides is 4. The lowest BCUT2D eigenvalue weighted by Gasteiger charge is -2.32. The summed E-state index contributed by atoms with van der Waals surface area (Å²) in [5.74, 6) is -1.48. The molecule has 42 nitrogen and oxygen atoms in total. The molecule has 4 amide bonds. The van der Waals surface area contributed by atoms with Crippen molar-refractivity contribution >= 4 is 131 Å². The van der Waals surface area contributed by atoms with Gasteiger partial charge in [-0.1, -0.05) is 72.8 Å². The number of hydrogen-bond donors (Lipinski definition) is 6. The zero-order chi connectivity index (χ0) is 89.2. The van der Waals surface area contributed by atoms with E-state index < -0.39 is 181 Å². The van der Waals surface area contributed by atoms with Crippen LogP contribution in [0.3, 0.4) is 0 Å².